The zero-order chi connectivity index (χ0) is 24.0. The van der Waals surface area contributed by atoms with E-state index in [2.05, 4.69) is 6.07 Å². The zero-order valence-corrected chi connectivity index (χ0v) is 19.5. The number of hydrogen-bond acceptors (Lipinski definition) is 5. The Morgan fingerprint density at radius 1 is 1.06 bits per heavy atom. The minimum atomic E-state index is -0.498. The summed E-state index contributed by atoms with van der Waals surface area (Å²) < 4.78 is 11.7. The van der Waals surface area contributed by atoms with Crippen molar-refractivity contribution in [3.05, 3.63) is 97.0 Å². The van der Waals surface area contributed by atoms with Crippen LogP contribution in [0, 0.1) is 35.3 Å². The number of hydrogen-bond donors (Lipinski definition) is 0. The monoisotopic (exact) mass is 482 g/mol. The van der Waals surface area contributed by atoms with Gasteiger partial charge < -0.3 is 9.47 Å². The summed E-state index contributed by atoms with van der Waals surface area (Å²) in [7, 11) is 0. The molecule has 6 nitrogen and oxygen atoms in total. The van der Waals surface area contributed by atoms with Gasteiger partial charge in [0.2, 0.25) is 0 Å². The quantitative estimate of drug-likeness (QED) is 0.113. The Kier molecular flexibility index (Phi) is 7.94. The van der Waals surface area contributed by atoms with Gasteiger partial charge in [0.15, 0.2) is 0 Å². The fraction of sp³-hybridized carbons (Fsp3) is 0.160. The van der Waals surface area contributed by atoms with Gasteiger partial charge in [-0.15, -0.1) is 0 Å². The summed E-state index contributed by atoms with van der Waals surface area (Å²) in [6.07, 6.45) is 1.58. The number of nitro groups is 1. The van der Waals surface area contributed by atoms with E-state index in [0.29, 0.717) is 33.5 Å². The van der Waals surface area contributed by atoms with Crippen LogP contribution in [-0.2, 0) is 0 Å². The standard InChI is InChI=1S/C25H20Cl2N2O4/c1-16-3-8-24(17(2)11-16)32-9-10-33-25-19(13-21(26)14-23(25)27)12-20(15-28)18-4-6-22(7-5-18)29(30)31/h3-8,11-14H,9-10H2,1-2H3. The van der Waals surface area contributed by atoms with Crippen molar-refractivity contribution in [2.75, 3.05) is 13.2 Å². The van der Waals surface area contributed by atoms with Crippen LogP contribution in [0.5, 0.6) is 11.5 Å². The zero-order valence-electron chi connectivity index (χ0n) is 18.0. The summed E-state index contributed by atoms with van der Waals surface area (Å²) >= 11 is 12.5. The number of aryl methyl sites for hydroxylation is 2. The fourth-order valence-corrected chi connectivity index (χ4v) is 3.76. The largest absolute Gasteiger partial charge is 0.490 e. The highest BCUT2D eigenvalue weighted by Crippen LogP contribution is 2.35. The van der Waals surface area contributed by atoms with Gasteiger partial charge in [0.1, 0.15) is 24.7 Å². The summed E-state index contributed by atoms with van der Waals surface area (Å²) in [5, 5.41) is 21.2. The molecule has 0 saturated heterocycles. The van der Waals surface area contributed by atoms with Crippen LogP contribution in [0.1, 0.15) is 22.3 Å². The summed E-state index contributed by atoms with van der Waals surface area (Å²) in [6.45, 7) is 4.50. The maximum absolute atomic E-state index is 10.9. The molecule has 3 rings (SSSR count). The first-order chi connectivity index (χ1) is 15.8. The molecule has 0 aliphatic rings. The number of nitrogens with zero attached hydrogens (tertiary/aromatic N) is 2. The molecule has 0 spiro atoms. The van der Waals surface area contributed by atoms with Gasteiger partial charge in [-0.2, -0.15) is 5.26 Å². The number of ether oxygens (including phenoxy) is 2. The smallest absolute Gasteiger partial charge is 0.269 e. The topological polar surface area (TPSA) is 85.4 Å². The van der Waals surface area contributed by atoms with E-state index in [1.807, 2.05) is 32.0 Å². The first-order valence-corrected chi connectivity index (χ1v) is 10.7. The molecule has 8 heteroatoms. The molecule has 0 fully saturated rings. The summed E-state index contributed by atoms with van der Waals surface area (Å²) in [6, 6.07) is 16.9. The predicted molar refractivity (Wildman–Crippen MR) is 130 cm³/mol. The highest BCUT2D eigenvalue weighted by Gasteiger charge is 2.13. The van der Waals surface area contributed by atoms with Crippen LogP contribution in [0.4, 0.5) is 5.69 Å². The molecule has 0 heterocycles. The summed E-state index contributed by atoms with van der Waals surface area (Å²) in [5.74, 6) is 1.14. The van der Waals surface area contributed by atoms with Crippen LogP contribution in [0.2, 0.25) is 10.0 Å². The Morgan fingerprint density at radius 3 is 2.39 bits per heavy atom. The minimum Gasteiger partial charge on any atom is -0.490 e. The first kappa shape index (κ1) is 24.1. The number of non-ortho nitro benzene ring substituents is 1. The lowest BCUT2D eigenvalue weighted by Gasteiger charge is -2.14. The molecule has 0 aromatic heterocycles. The van der Waals surface area contributed by atoms with Crippen LogP contribution in [0.25, 0.3) is 11.6 Å². The van der Waals surface area contributed by atoms with E-state index in [1.54, 1.807) is 18.2 Å². The Morgan fingerprint density at radius 2 is 1.76 bits per heavy atom. The van der Waals surface area contributed by atoms with Gasteiger partial charge in [-0.3, -0.25) is 10.1 Å². The Labute approximate surface area is 201 Å². The molecular weight excluding hydrogens is 463 g/mol. The van der Waals surface area contributed by atoms with Crippen molar-refractivity contribution in [1.82, 2.24) is 0 Å². The van der Waals surface area contributed by atoms with Crippen LogP contribution in [0.3, 0.4) is 0 Å². The third kappa shape index (κ3) is 6.26. The lowest BCUT2D eigenvalue weighted by atomic mass is 10.0. The SMILES string of the molecule is Cc1ccc(OCCOc2c(Cl)cc(Cl)cc2C=C(C#N)c2ccc([N+](=O)[O-])cc2)c(C)c1. The van der Waals surface area contributed by atoms with Gasteiger partial charge in [0, 0.05) is 22.7 Å². The number of nitriles is 1. The van der Waals surface area contributed by atoms with Gasteiger partial charge in [0.25, 0.3) is 5.69 Å². The number of halogens is 2. The van der Waals surface area contributed by atoms with Crippen molar-refractivity contribution in [1.29, 1.82) is 5.26 Å². The summed E-state index contributed by atoms with van der Waals surface area (Å²) in [5.41, 5.74) is 3.43. The van der Waals surface area contributed by atoms with E-state index in [-0.39, 0.29) is 17.9 Å². The van der Waals surface area contributed by atoms with Gasteiger partial charge in [-0.25, -0.2) is 0 Å². The molecule has 0 aliphatic heterocycles. The third-order valence-electron chi connectivity index (χ3n) is 4.76. The van der Waals surface area contributed by atoms with Crippen molar-refractivity contribution in [2.24, 2.45) is 0 Å². The third-order valence-corrected chi connectivity index (χ3v) is 5.26. The van der Waals surface area contributed by atoms with E-state index >= 15 is 0 Å². The molecule has 3 aromatic carbocycles. The Balaban J connectivity index is 1.80. The molecule has 3 aromatic rings. The van der Waals surface area contributed by atoms with Gasteiger partial charge in [0.05, 0.1) is 21.6 Å². The summed E-state index contributed by atoms with van der Waals surface area (Å²) in [4.78, 5) is 10.4. The van der Waals surface area contributed by atoms with Crippen LogP contribution in [-0.4, -0.2) is 18.1 Å². The van der Waals surface area contributed by atoms with E-state index < -0.39 is 4.92 Å². The average Bonchev–Trinajstić information content (AvgIpc) is 2.77. The number of benzene rings is 3. The lowest BCUT2D eigenvalue weighted by Crippen LogP contribution is -2.10. The van der Waals surface area contributed by atoms with Crippen LogP contribution < -0.4 is 9.47 Å². The second-order valence-corrected chi connectivity index (χ2v) is 8.09. The van der Waals surface area contributed by atoms with Crippen molar-refractivity contribution >= 4 is 40.5 Å². The van der Waals surface area contributed by atoms with E-state index in [4.69, 9.17) is 32.7 Å². The molecule has 0 bridgehead atoms. The molecule has 0 atom stereocenters. The fourth-order valence-electron chi connectivity index (χ4n) is 3.19. The molecule has 33 heavy (non-hydrogen) atoms. The van der Waals surface area contributed by atoms with Crippen molar-refractivity contribution < 1.29 is 14.4 Å². The number of rotatable bonds is 8. The lowest BCUT2D eigenvalue weighted by molar-refractivity contribution is -0.384. The molecule has 0 unspecified atom stereocenters. The molecule has 0 amide bonds. The Hall–Kier alpha value is -3.53. The second kappa shape index (κ2) is 10.9. The predicted octanol–water partition coefficient (Wildman–Crippen LogP) is 7.04. The highest BCUT2D eigenvalue weighted by atomic mass is 35.5. The van der Waals surface area contributed by atoms with Crippen LogP contribution >= 0.6 is 23.2 Å². The Bertz CT molecular complexity index is 1250. The molecule has 0 saturated carbocycles. The van der Waals surface area contributed by atoms with Crippen molar-refractivity contribution in [3.8, 4) is 17.6 Å². The van der Waals surface area contributed by atoms with E-state index in [9.17, 15) is 15.4 Å². The highest BCUT2D eigenvalue weighted by molar-refractivity contribution is 6.36. The molecule has 0 aliphatic carbocycles. The maximum Gasteiger partial charge on any atom is 0.269 e. The number of allylic oxidation sites excluding steroid dienone is 1. The molecular formula is C25H20Cl2N2O4. The van der Waals surface area contributed by atoms with Gasteiger partial charge in [-0.1, -0.05) is 40.9 Å². The van der Waals surface area contributed by atoms with E-state index in [0.717, 1.165) is 16.9 Å². The molecule has 0 N–H and O–H groups in total. The normalized spacial score (nSPS) is 11.1. The second-order valence-electron chi connectivity index (χ2n) is 7.25. The first-order valence-electron chi connectivity index (χ1n) is 9.97. The maximum atomic E-state index is 10.9. The molecule has 0 radical (unpaired) electrons. The van der Waals surface area contributed by atoms with Crippen LogP contribution in [0.15, 0.2) is 54.6 Å². The van der Waals surface area contributed by atoms with Gasteiger partial charge in [-0.05, 0) is 61.4 Å². The van der Waals surface area contributed by atoms with E-state index in [1.165, 1.54) is 24.3 Å². The molecule has 168 valence electrons. The minimum absolute atomic E-state index is 0.0605. The van der Waals surface area contributed by atoms with Gasteiger partial charge >= 0.3 is 0 Å². The average molecular weight is 483 g/mol. The number of nitro benzene ring substituents is 1. The van der Waals surface area contributed by atoms with Crippen molar-refractivity contribution in [2.45, 2.75) is 13.8 Å². The van der Waals surface area contributed by atoms with Crippen molar-refractivity contribution in [3.63, 3.8) is 0 Å².